The van der Waals surface area contributed by atoms with Crippen molar-refractivity contribution in [1.29, 1.82) is 0 Å². The van der Waals surface area contributed by atoms with Crippen LogP contribution in [0.5, 0.6) is 5.75 Å². The fraction of sp³-hybridized carbons (Fsp3) is 0.286. The molecule has 5 nitrogen and oxygen atoms in total. The molecule has 0 saturated carbocycles. The van der Waals surface area contributed by atoms with Crippen LogP contribution in [-0.4, -0.2) is 16.5 Å². The summed E-state index contributed by atoms with van der Waals surface area (Å²) in [7, 11) is 0. The highest BCUT2D eigenvalue weighted by atomic mass is 16.5. The number of oxazole rings is 1. The number of anilines is 1. The first-order chi connectivity index (χ1) is 15.5. The molecule has 4 aromatic rings. The zero-order chi connectivity index (χ0) is 23.8. The molecule has 1 aromatic heterocycles. The van der Waals surface area contributed by atoms with Gasteiger partial charge in [0.15, 0.2) is 11.2 Å². The molecule has 170 valence electrons. The van der Waals surface area contributed by atoms with Gasteiger partial charge in [0.05, 0.1) is 0 Å². The first kappa shape index (κ1) is 22.6. The number of nitrogens with one attached hydrogen (secondary N) is 1. The summed E-state index contributed by atoms with van der Waals surface area (Å²) < 4.78 is 12.0. The summed E-state index contributed by atoms with van der Waals surface area (Å²) in [4.78, 5) is 17.6. The molecular formula is C28H30N2O3. The third kappa shape index (κ3) is 5.08. The van der Waals surface area contributed by atoms with Crippen molar-refractivity contribution in [2.45, 2.75) is 52.6 Å². The standard InChI is InChI=1S/C28H30N2O3/c1-18-10-15-23-24(16-18)32-25(30-23)19-8-7-9-21(17-19)29-26(31)28(5,6)33-22-13-11-20(12-14-22)27(2,3)4/h7-17H,1-6H3,(H,29,31). The number of benzene rings is 3. The molecule has 0 spiro atoms. The second-order valence-corrected chi connectivity index (χ2v) is 9.91. The molecule has 0 saturated heterocycles. The molecule has 0 fully saturated rings. The fourth-order valence-electron chi connectivity index (χ4n) is 3.53. The zero-order valence-corrected chi connectivity index (χ0v) is 20.0. The molecule has 1 amide bonds. The van der Waals surface area contributed by atoms with E-state index in [0.717, 1.165) is 22.2 Å². The maximum atomic E-state index is 13.0. The van der Waals surface area contributed by atoms with Crippen LogP contribution in [0.3, 0.4) is 0 Å². The van der Waals surface area contributed by atoms with E-state index in [-0.39, 0.29) is 11.3 Å². The number of hydrogen-bond acceptors (Lipinski definition) is 4. The van der Waals surface area contributed by atoms with Gasteiger partial charge in [0.2, 0.25) is 5.89 Å². The van der Waals surface area contributed by atoms with E-state index in [0.29, 0.717) is 17.3 Å². The van der Waals surface area contributed by atoms with Crippen molar-refractivity contribution in [3.8, 4) is 17.2 Å². The van der Waals surface area contributed by atoms with Crippen molar-refractivity contribution in [3.05, 3.63) is 77.9 Å². The Morgan fingerprint density at radius 1 is 0.939 bits per heavy atom. The van der Waals surface area contributed by atoms with E-state index in [2.05, 4.69) is 31.1 Å². The third-order valence-electron chi connectivity index (χ3n) is 5.55. The second-order valence-electron chi connectivity index (χ2n) is 9.91. The van der Waals surface area contributed by atoms with Crippen molar-refractivity contribution in [1.82, 2.24) is 4.98 Å². The third-order valence-corrected chi connectivity index (χ3v) is 5.55. The Kier molecular flexibility index (Phi) is 5.75. The van der Waals surface area contributed by atoms with Gasteiger partial charge in [-0.2, -0.15) is 0 Å². The molecule has 0 aliphatic heterocycles. The average molecular weight is 443 g/mol. The second kappa shape index (κ2) is 8.39. The summed E-state index contributed by atoms with van der Waals surface area (Å²) in [5, 5.41) is 2.96. The number of fused-ring (bicyclic) bond motifs is 1. The number of ether oxygens (including phenoxy) is 1. The smallest absolute Gasteiger partial charge is 0.267 e. The highest BCUT2D eigenvalue weighted by molar-refractivity contribution is 5.97. The summed E-state index contributed by atoms with van der Waals surface area (Å²) >= 11 is 0. The summed E-state index contributed by atoms with van der Waals surface area (Å²) in [6, 6.07) is 21.3. The number of rotatable bonds is 5. The molecule has 3 aromatic carbocycles. The molecule has 0 aliphatic rings. The van der Waals surface area contributed by atoms with Crippen LogP contribution in [-0.2, 0) is 10.2 Å². The van der Waals surface area contributed by atoms with Gasteiger partial charge in [-0.25, -0.2) is 4.98 Å². The van der Waals surface area contributed by atoms with E-state index in [1.165, 1.54) is 5.56 Å². The van der Waals surface area contributed by atoms with Crippen LogP contribution in [0.15, 0.2) is 71.1 Å². The van der Waals surface area contributed by atoms with Gasteiger partial charge < -0.3 is 14.5 Å². The number of aryl methyl sites for hydroxylation is 1. The van der Waals surface area contributed by atoms with E-state index in [1.807, 2.05) is 73.7 Å². The zero-order valence-electron chi connectivity index (χ0n) is 20.0. The van der Waals surface area contributed by atoms with Gasteiger partial charge in [0, 0.05) is 11.3 Å². The lowest BCUT2D eigenvalue weighted by Crippen LogP contribution is -2.42. The number of carbonyl (C=O) groups is 1. The molecule has 0 radical (unpaired) electrons. The lowest BCUT2D eigenvalue weighted by Gasteiger charge is -2.26. The first-order valence-corrected chi connectivity index (χ1v) is 11.1. The van der Waals surface area contributed by atoms with Crippen LogP contribution in [0.2, 0.25) is 0 Å². The van der Waals surface area contributed by atoms with Gasteiger partial charge in [-0.1, -0.05) is 45.0 Å². The normalized spacial score (nSPS) is 12.1. The van der Waals surface area contributed by atoms with Crippen molar-refractivity contribution in [2.75, 3.05) is 5.32 Å². The van der Waals surface area contributed by atoms with E-state index in [1.54, 1.807) is 13.8 Å². The van der Waals surface area contributed by atoms with Gasteiger partial charge in [-0.3, -0.25) is 4.79 Å². The fourth-order valence-corrected chi connectivity index (χ4v) is 3.53. The Hall–Kier alpha value is -3.60. The lowest BCUT2D eigenvalue weighted by molar-refractivity contribution is -0.128. The van der Waals surface area contributed by atoms with Crippen molar-refractivity contribution in [3.63, 3.8) is 0 Å². The molecular weight excluding hydrogens is 412 g/mol. The van der Waals surface area contributed by atoms with Gasteiger partial charge >= 0.3 is 0 Å². The van der Waals surface area contributed by atoms with E-state index < -0.39 is 5.60 Å². The van der Waals surface area contributed by atoms with Crippen LogP contribution < -0.4 is 10.1 Å². The van der Waals surface area contributed by atoms with Crippen LogP contribution >= 0.6 is 0 Å². The molecule has 0 bridgehead atoms. The van der Waals surface area contributed by atoms with E-state index >= 15 is 0 Å². The number of aromatic nitrogens is 1. The number of nitrogens with zero attached hydrogens (tertiary/aromatic N) is 1. The van der Waals surface area contributed by atoms with Crippen LogP contribution in [0.25, 0.3) is 22.6 Å². The predicted molar refractivity (Wildman–Crippen MR) is 133 cm³/mol. The molecule has 0 atom stereocenters. The van der Waals surface area contributed by atoms with Crippen LogP contribution in [0.4, 0.5) is 5.69 Å². The Labute approximate surface area is 194 Å². The Morgan fingerprint density at radius 3 is 2.36 bits per heavy atom. The topological polar surface area (TPSA) is 64.4 Å². The van der Waals surface area contributed by atoms with Crippen LogP contribution in [0, 0.1) is 6.92 Å². The van der Waals surface area contributed by atoms with Gasteiger partial charge in [0.25, 0.3) is 5.91 Å². The maximum Gasteiger partial charge on any atom is 0.267 e. The molecule has 0 aliphatic carbocycles. The summed E-state index contributed by atoms with van der Waals surface area (Å²) in [5.41, 5.74) is 4.31. The van der Waals surface area contributed by atoms with Crippen molar-refractivity contribution >= 4 is 22.7 Å². The number of amides is 1. The van der Waals surface area contributed by atoms with Gasteiger partial charge in [-0.05, 0) is 79.8 Å². The summed E-state index contributed by atoms with van der Waals surface area (Å²) in [6.07, 6.45) is 0. The molecule has 5 heteroatoms. The predicted octanol–water partition coefficient (Wildman–Crippen LogP) is 6.90. The molecule has 4 rings (SSSR count). The highest BCUT2D eigenvalue weighted by Gasteiger charge is 2.30. The largest absolute Gasteiger partial charge is 0.478 e. The molecule has 1 N–H and O–H groups in total. The Morgan fingerprint density at radius 2 is 1.67 bits per heavy atom. The number of carbonyl (C=O) groups excluding carboxylic acids is 1. The Balaban J connectivity index is 1.49. The van der Waals surface area contributed by atoms with Gasteiger partial charge in [0.1, 0.15) is 11.3 Å². The minimum Gasteiger partial charge on any atom is -0.478 e. The average Bonchev–Trinajstić information content (AvgIpc) is 3.16. The minimum atomic E-state index is -1.06. The maximum absolute atomic E-state index is 13.0. The highest BCUT2D eigenvalue weighted by Crippen LogP contribution is 2.29. The van der Waals surface area contributed by atoms with Crippen molar-refractivity contribution < 1.29 is 13.9 Å². The van der Waals surface area contributed by atoms with Crippen LogP contribution in [0.1, 0.15) is 45.7 Å². The monoisotopic (exact) mass is 442 g/mol. The van der Waals surface area contributed by atoms with Crippen molar-refractivity contribution in [2.24, 2.45) is 0 Å². The molecule has 33 heavy (non-hydrogen) atoms. The SMILES string of the molecule is Cc1ccc2nc(-c3cccc(NC(=O)C(C)(C)Oc4ccc(C(C)(C)C)cc4)c3)oc2c1. The summed E-state index contributed by atoms with van der Waals surface area (Å²) in [5.74, 6) is 0.924. The minimum absolute atomic E-state index is 0.0595. The first-order valence-electron chi connectivity index (χ1n) is 11.1. The summed E-state index contributed by atoms with van der Waals surface area (Å²) in [6.45, 7) is 12.0. The quantitative estimate of drug-likeness (QED) is 0.365. The molecule has 0 unspecified atom stereocenters. The molecule has 1 heterocycles. The van der Waals surface area contributed by atoms with E-state index in [9.17, 15) is 4.79 Å². The van der Waals surface area contributed by atoms with E-state index in [4.69, 9.17) is 9.15 Å². The lowest BCUT2D eigenvalue weighted by atomic mass is 9.87. The number of hydrogen-bond donors (Lipinski definition) is 1. The van der Waals surface area contributed by atoms with Gasteiger partial charge in [-0.15, -0.1) is 0 Å². The Bertz CT molecular complexity index is 1290.